The number of rotatable bonds is 14. The smallest absolute Gasteiger partial charge is 0.338 e. The molecule has 0 bridgehead atoms. The number of aliphatic imine (C=N–C) groups is 1. The van der Waals surface area contributed by atoms with Gasteiger partial charge in [-0.05, 0) is 126 Å². The highest BCUT2D eigenvalue weighted by molar-refractivity contribution is 5.90. The Hall–Kier alpha value is -6.23. The molecular weight excluding hydrogens is 671 g/mol. The molecule has 1 aliphatic carbocycles. The Morgan fingerprint density at radius 3 is 2.20 bits per heavy atom. The summed E-state index contributed by atoms with van der Waals surface area (Å²) in [5, 5.41) is 0. The summed E-state index contributed by atoms with van der Waals surface area (Å²) in [6.07, 6.45) is 5.68. The van der Waals surface area contributed by atoms with Crippen molar-refractivity contribution in [3.8, 4) is 33.8 Å². The Kier molecular flexibility index (Phi) is 12.2. The summed E-state index contributed by atoms with van der Waals surface area (Å²) in [7, 11) is 0. The number of esters is 2. The molecule has 0 spiro atoms. The van der Waals surface area contributed by atoms with Crippen molar-refractivity contribution >= 4 is 23.7 Å². The van der Waals surface area contributed by atoms with E-state index >= 15 is 0 Å². The predicted octanol–water partition coefficient (Wildman–Crippen LogP) is 11.4. The van der Waals surface area contributed by atoms with Gasteiger partial charge < -0.3 is 14.2 Å². The molecule has 0 aromatic heterocycles. The van der Waals surface area contributed by atoms with Crippen LogP contribution in [0.2, 0.25) is 0 Å². The summed E-state index contributed by atoms with van der Waals surface area (Å²) in [6.45, 7) is 12.1. The third-order valence-electron chi connectivity index (χ3n) is 9.35. The number of ether oxygens (including phenoxy) is 3. The van der Waals surface area contributed by atoms with Gasteiger partial charge in [0.1, 0.15) is 18.1 Å². The normalized spacial score (nSPS) is 11.3. The first-order chi connectivity index (χ1) is 26.2. The van der Waals surface area contributed by atoms with E-state index in [0.29, 0.717) is 34.9 Å². The van der Waals surface area contributed by atoms with Gasteiger partial charge in [0.15, 0.2) is 0 Å². The van der Waals surface area contributed by atoms with Crippen LogP contribution in [0, 0.1) is 0 Å². The van der Waals surface area contributed by atoms with Gasteiger partial charge in [0.25, 0.3) is 0 Å². The topological polar surface area (TPSA) is 74.2 Å². The largest absolute Gasteiger partial charge is 0.489 e. The van der Waals surface area contributed by atoms with E-state index in [9.17, 15) is 9.59 Å². The van der Waals surface area contributed by atoms with Gasteiger partial charge in [0, 0.05) is 17.4 Å². The lowest BCUT2D eigenvalue weighted by atomic mass is 10.0. The molecule has 5 aromatic carbocycles. The predicted molar refractivity (Wildman–Crippen MR) is 217 cm³/mol. The van der Waals surface area contributed by atoms with Crippen LogP contribution in [0.1, 0.15) is 85.1 Å². The third-order valence-corrected chi connectivity index (χ3v) is 9.35. The van der Waals surface area contributed by atoms with Gasteiger partial charge in [-0.15, -0.1) is 0 Å². The van der Waals surface area contributed by atoms with Crippen LogP contribution < -0.4 is 9.47 Å². The number of carbonyl (C=O) groups excluding carboxylic acids is 2. The number of fused-ring (bicyclic) bond motifs is 3. The van der Waals surface area contributed by atoms with Crippen LogP contribution >= 0.6 is 0 Å². The van der Waals surface area contributed by atoms with Crippen LogP contribution in [-0.4, -0.2) is 24.8 Å². The number of carbonyl (C=O) groups is 2. The Labute approximate surface area is 318 Å². The van der Waals surface area contributed by atoms with Crippen LogP contribution in [-0.2, 0) is 22.6 Å². The second-order valence-electron chi connectivity index (χ2n) is 13.6. The van der Waals surface area contributed by atoms with Crippen molar-refractivity contribution in [2.45, 2.75) is 60.0 Å². The maximum atomic E-state index is 12.4. The van der Waals surface area contributed by atoms with E-state index in [-0.39, 0.29) is 12.6 Å². The molecule has 6 rings (SSSR count). The van der Waals surface area contributed by atoms with Crippen molar-refractivity contribution < 1.29 is 23.8 Å². The highest BCUT2D eigenvalue weighted by atomic mass is 16.5. The number of hydrogen-bond acceptors (Lipinski definition) is 6. The lowest BCUT2D eigenvalue weighted by Crippen LogP contribution is -2.09. The van der Waals surface area contributed by atoms with E-state index in [0.717, 1.165) is 59.1 Å². The quantitative estimate of drug-likeness (QED) is 0.0280. The van der Waals surface area contributed by atoms with E-state index in [1.54, 1.807) is 37.4 Å². The van der Waals surface area contributed by atoms with Gasteiger partial charge in [-0.1, -0.05) is 98.8 Å². The summed E-state index contributed by atoms with van der Waals surface area (Å²) in [6, 6.07) is 35.8. The molecule has 5 aromatic rings. The Bertz CT molecular complexity index is 2270. The number of unbranched alkanes of at least 4 members (excludes halogenated alkanes) is 2. The summed E-state index contributed by atoms with van der Waals surface area (Å²) in [4.78, 5) is 29.4. The molecule has 1 aliphatic rings. The van der Waals surface area contributed by atoms with Crippen LogP contribution in [0.15, 0.2) is 138 Å². The van der Waals surface area contributed by atoms with Crippen molar-refractivity contribution in [1.82, 2.24) is 0 Å². The highest BCUT2D eigenvalue weighted by Crippen LogP contribution is 2.37. The zero-order chi connectivity index (χ0) is 38.0. The van der Waals surface area contributed by atoms with Crippen molar-refractivity contribution in [2.75, 3.05) is 6.61 Å². The fourth-order valence-corrected chi connectivity index (χ4v) is 6.31. The lowest BCUT2D eigenvalue weighted by molar-refractivity contribution is -0.130. The molecule has 6 heteroatoms. The van der Waals surface area contributed by atoms with Gasteiger partial charge in [0.05, 0.1) is 17.9 Å². The van der Waals surface area contributed by atoms with Crippen molar-refractivity contribution in [2.24, 2.45) is 4.99 Å². The van der Waals surface area contributed by atoms with Gasteiger partial charge in [-0.25, -0.2) is 9.59 Å². The van der Waals surface area contributed by atoms with E-state index in [4.69, 9.17) is 19.2 Å². The van der Waals surface area contributed by atoms with Crippen LogP contribution in [0.5, 0.6) is 11.5 Å². The van der Waals surface area contributed by atoms with Crippen LogP contribution in [0.3, 0.4) is 0 Å². The maximum Gasteiger partial charge on any atom is 0.338 e. The van der Waals surface area contributed by atoms with Gasteiger partial charge in [-0.2, -0.15) is 0 Å². The molecule has 0 fully saturated rings. The summed E-state index contributed by atoms with van der Waals surface area (Å²) in [5.74, 6) is 0.290. The van der Waals surface area contributed by atoms with Crippen molar-refractivity contribution in [1.29, 1.82) is 0 Å². The standard InChI is InChI=1S/C48H45NO5/c1-6-7-10-25-52-48(51)37-15-13-35(14-16-37)36-17-21-43(22-18-36)53-31-40-19-23-44(54-47(50)32(2)3)29-42(40)30-49-34(5)26-33(4)38-20-24-46-41(27-38)28-39-11-8-9-12-45(39)46/h8-9,11-24,27,29-30H,2,6-7,10,25,28,31H2,1,3-5H3/b49-30+. The number of benzene rings is 5. The molecular formula is C48H45NO5. The molecule has 0 radical (unpaired) electrons. The zero-order valence-electron chi connectivity index (χ0n) is 31.4. The minimum Gasteiger partial charge on any atom is -0.489 e. The molecule has 0 heterocycles. The molecule has 0 saturated heterocycles. The Morgan fingerprint density at radius 2 is 1.46 bits per heavy atom. The first kappa shape index (κ1) is 37.5. The summed E-state index contributed by atoms with van der Waals surface area (Å²) < 4.78 is 17.1. The first-order valence-electron chi connectivity index (χ1n) is 18.4. The Morgan fingerprint density at radius 1 is 0.778 bits per heavy atom. The maximum absolute atomic E-state index is 12.4. The number of hydrogen-bond donors (Lipinski definition) is 0. The van der Waals surface area contributed by atoms with Crippen molar-refractivity contribution in [3.05, 3.63) is 166 Å². The van der Waals surface area contributed by atoms with Crippen LogP contribution in [0.4, 0.5) is 0 Å². The Balaban J connectivity index is 1.15. The molecule has 0 saturated carbocycles. The molecule has 0 atom stereocenters. The molecule has 0 aliphatic heterocycles. The molecule has 6 nitrogen and oxygen atoms in total. The van der Waals surface area contributed by atoms with Crippen LogP contribution in [0.25, 0.3) is 27.8 Å². The molecule has 0 unspecified atom stereocenters. The van der Waals surface area contributed by atoms with Gasteiger partial charge >= 0.3 is 11.9 Å². The summed E-state index contributed by atoms with van der Waals surface area (Å²) >= 11 is 0. The summed E-state index contributed by atoms with van der Waals surface area (Å²) in [5.41, 5.74) is 16.0. The van der Waals surface area contributed by atoms with E-state index in [1.165, 1.54) is 22.3 Å². The second-order valence-corrected chi connectivity index (χ2v) is 13.6. The van der Waals surface area contributed by atoms with E-state index in [1.807, 2.05) is 56.3 Å². The average Bonchev–Trinajstić information content (AvgIpc) is 3.56. The number of nitrogens with zero attached hydrogens (tertiary/aromatic N) is 1. The van der Waals surface area contributed by atoms with E-state index < -0.39 is 5.97 Å². The third kappa shape index (κ3) is 9.40. The highest BCUT2D eigenvalue weighted by Gasteiger charge is 2.18. The van der Waals surface area contributed by atoms with E-state index in [2.05, 4.69) is 61.7 Å². The fraction of sp³-hybridized carbons (Fsp3) is 0.208. The average molecular weight is 716 g/mol. The lowest BCUT2D eigenvalue weighted by Gasteiger charge is -2.12. The second kappa shape index (κ2) is 17.5. The molecule has 0 amide bonds. The van der Waals surface area contributed by atoms with Crippen molar-refractivity contribution in [3.63, 3.8) is 0 Å². The van der Waals surface area contributed by atoms with Gasteiger partial charge in [-0.3, -0.25) is 4.99 Å². The molecule has 272 valence electrons. The number of allylic oxidation sites excluding steroid dienone is 1. The minimum atomic E-state index is -0.494. The molecule has 54 heavy (non-hydrogen) atoms. The van der Waals surface area contributed by atoms with Gasteiger partial charge in [0.2, 0.25) is 0 Å². The molecule has 0 N–H and O–H groups in total. The minimum absolute atomic E-state index is 0.264. The SMILES string of the molecule is C=C(C)C(=O)Oc1ccc(COc2ccc(-c3ccc(C(=O)OCCCCC)cc3)cc2)c(/C=N/C(C)=C=C(C)c2ccc3c(c2)Cc2ccccc2-3)c1. The monoisotopic (exact) mass is 715 g/mol. The zero-order valence-corrected chi connectivity index (χ0v) is 31.4. The first-order valence-corrected chi connectivity index (χ1v) is 18.4. The fourth-order valence-electron chi connectivity index (χ4n) is 6.31.